The van der Waals surface area contributed by atoms with Crippen LogP contribution in [0.15, 0.2) is 0 Å². The lowest BCUT2D eigenvalue weighted by Gasteiger charge is -2.42. The van der Waals surface area contributed by atoms with Gasteiger partial charge in [0.05, 0.1) is 12.0 Å². The number of carbonyl (C=O) groups is 2. The van der Waals surface area contributed by atoms with Crippen LogP contribution in [0.25, 0.3) is 0 Å². The minimum atomic E-state index is -0.357. The van der Waals surface area contributed by atoms with E-state index >= 15 is 0 Å². The minimum absolute atomic E-state index is 0.188. The molecule has 1 saturated heterocycles. The normalized spacial score (nSPS) is 22.0. The summed E-state index contributed by atoms with van der Waals surface area (Å²) in [6, 6.07) is 0. The Morgan fingerprint density at radius 3 is 2.14 bits per heavy atom. The van der Waals surface area contributed by atoms with Gasteiger partial charge in [-0.05, 0) is 19.8 Å². The van der Waals surface area contributed by atoms with Crippen LogP contribution in [0.5, 0.6) is 0 Å². The van der Waals surface area contributed by atoms with Gasteiger partial charge in [-0.15, -0.1) is 0 Å². The molecule has 120 valence electrons. The molecule has 2 amide bonds. The summed E-state index contributed by atoms with van der Waals surface area (Å²) in [6.45, 7) is 4.87. The first-order valence-electron chi connectivity index (χ1n) is 8.04. The van der Waals surface area contributed by atoms with Crippen molar-refractivity contribution in [2.24, 2.45) is 11.1 Å². The Balaban J connectivity index is 1.91. The van der Waals surface area contributed by atoms with E-state index in [4.69, 9.17) is 10.5 Å². The summed E-state index contributed by atoms with van der Waals surface area (Å²) >= 11 is 0. The second kappa shape index (κ2) is 7.11. The van der Waals surface area contributed by atoms with E-state index in [9.17, 15) is 9.59 Å². The smallest absolute Gasteiger partial charge is 0.409 e. The van der Waals surface area contributed by atoms with E-state index in [0.717, 1.165) is 25.7 Å². The van der Waals surface area contributed by atoms with Gasteiger partial charge in [0.1, 0.15) is 0 Å². The van der Waals surface area contributed by atoms with Gasteiger partial charge in [0.25, 0.3) is 0 Å². The Kier molecular flexibility index (Phi) is 5.45. The summed E-state index contributed by atoms with van der Waals surface area (Å²) < 4.78 is 5.00. The molecule has 0 aromatic heterocycles. The number of carbonyl (C=O) groups excluding carboxylic acids is 2. The average Bonchev–Trinajstić information content (AvgIpc) is 2.55. The molecule has 0 aromatic rings. The van der Waals surface area contributed by atoms with Crippen LogP contribution < -0.4 is 5.73 Å². The van der Waals surface area contributed by atoms with E-state index in [0.29, 0.717) is 39.3 Å². The van der Waals surface area contributed by atoms with E-state index in [-0.39, 0.29) is 17.4 Å². The van der Waals surface area contributed by atoms with Crippen LogP contribution in [-0.4, -0.2) is 61.1 Å². The lowest BCUT2D eigenvalue weighted by Crippen LogP contribution is -2.56. The van der Waals surface area contributed by atoms with Gasteiger partial charge in [-0.25, -0.2) is 4.79 Å². The topological polar surface area (TPSA) is 75.9 Å². The molecule has 0 atom stereocenters. The van der Waals surface area contributed by atoms with Crippen molar-refractivity contribution in [1.82, 2.24) is 9.80 Å². The van der Waals surface area contributed by atoms with Gasteiger partial charge in [0.15, 0.2) is 0 Å². The number of nitrogens with two attached hydrogens (primary N) is 1. The van der Waals surface area contributed by atoms with Crippen molar-refractivity contribution in [2.45, 2.75) is 39.0 Å². The first-order valence-corrected chi connectivity index (χ1v) is 8.04. The van der Waals surface area contributed by atoms with Crippen LogP contribution in [0, 0.1) is 5.41 Å². The quantitative estimate of drug-likeness (QED) is 0.849. The molecule has 1 aliphatic carbocycles. The maximum atomic E-state index is 12.8. The summed E-state index contributed by atoms with van der Waals surface area (Å²) in [6.07, 6.45) is 4.90. The van der Waals surface area contributed by atoms with Gasteiger partial charge in [-0.2, -0.15) is 0 Å². The molecule has 21 heavy (non-hydrogen) atoms. The molecule has 6 nitrogen and oxygen atoms in total. The fraction of sp³-hybridized carbons (Fsp3) is 0.867. The molecule has 0 spiro atoms. The highest BCUT2D eigenvalue weighted by molar-refractivity contribution is 5.83. The summed E-state index contributed by atoms with van der Waals surface area (Å²) in [5.74, 6) is 0.188. The fourth-order valence-electron chi connectivity index (χ4n) is 3.38. The monoisotopic (exact) mass is 297 g/mol. The number of ether oxygens (including phenoxy) is 1. The van der Waals surface area contributed by atoms with Gasteiger partial charge < -0.3 is 20.3 Å². The van der Waals surface area contributed by atoms with E-state index in [1.54, 1.807) is 11.8 Å². The van der Waals surface area contributed by atoms with E-state index < -0.39 is 0 Å². The highest BCUT2D eigenvalue weighted by Crippen LogP contribution is 2.37. The predicted molar refractivity (Wildman–Crippen MR) is 79.7 cm³/mol. The number of amides is 2. The number of hydrogen-bond donors (Lipinski definition) is 1. The zero-order chi connectivity index (χ0) is 15.3. The second-order valence-corrected chi connectivity index (χ2v) is 6.02. The zero-order valence-electron chi connectivity index (χ0n) is 13.0. The molecule has 2 N–H and O–H groups in total. The molecule has 1 saturated carbocycles. The molecule has 2 aliphatic rings. The highest BCUT2D eigenvalue weighted by Gasteiger charge is 2.41. The molecule has 0 aromatic carbocycles. The molecule has 2 rings (SSSR count). The van der Waals surface area contributed by atoms with E-state index in [1.165, 1.54) is 6.42 Å². The van der Waals surface area contributed by atoms with Crippen LogP contribution in [0.3, 0.4) is 0 Å². The first-order chi connectivity index (χ1) is 10.1. The van der Waals surface area contributed by atoms with Crippen LogP contribution in [0.1, 0.15) is 39.0 Å². The average molecular weight is 297 g/mol. The zero-order valence-corrected chi connectivity index (χ0v) is 13.0. The Morgan fingerprint density at radius 1 is 1.05 bits per heavy atom. The summed E-state index contributed by atoms with van der Waals surface area (Å²) in [4.78, 5) is 28.0. The molecule has 6 heteroatoms. The van der Waals surface area contributed by atoms with Gasteiger partial charge in [0.2, 0.25) is 5.91 Å². The molecular weight excluding hydrogens is 270 g/mol. The van der Waals surface area contributed by atoms with Crippen molar-refractivity contribution in [1.29, 1.82) is 0 Å². The maximum Gasteiger partial charge on any atom is 0.409 e. The molecular formula is C15H27N3O3. The van der Waals surface area contributed by atoms with Crippen molar-refractivity contribution in [3.8, 4) is 0 Å². The van der Waals surface area contributed by atoms with Crippen molar-refractivity contribution >= 4 is 12.0 Å². The largest absolute Gasteiger partial charge is 0.450 e. The molecule has 1 aliphatic heterocycles. The second-order valence-electron chi connectivity index (χ2n) is 6.02. The van der Waals surface area contributed by atoms with E-state index in [1.807, 2.05) is 4.90 Å². The third-order valence-corrected chi connectivity index (χ3v) is 4.75. The number of hydrogen-bond acceptors (Lipinski definition) is 4. The van der Waals surface area contributed by atoms with Crippen LogP contribution in [-0.2, 0) is 9.53 Å². The standard InChI is InChI=1S/C15H27N3O3/c1-2-21-14(20)18-10-8-17(9-11-18)13(19)15(12-16)6-4-3-5-7-15/h2-12,16H2,1H3. The molecule has 0 unspecified atom stereocenters. The fourth-order valence-corrected chi connectivity index (χ4v) is 3.38. The van der Waals surface area contributed by atoms with E-state index in [2.05, 4.69) is 0 Å². The van der Waals surface area contributed by atoms with Crippen LogP contribution in [0.2, 0.25) is 0 Å². The lowest BCUT2D eigenvalue weighted by molar-refractivity contribution is -0.145. The van der Waals surface area contributed by atoms with Gasteiger partial charge in [-0.1, -0.05) is 19.3 Å². The minimum Gasteiger partial charge on any atom is -0.450 e. The third-order valence-electron chi connectivity index (χ3n) is 4.75. The first kappa shape index (κ1) is 16.1. The molecule has 0 radical (unpaired) electrons. The highest BCUT2D eigenvalue weighted by atomic mass is 16.6. The molecule has 1 heterocycles. The lowest BCUT2D eigenvalue weighted by atomic mass is 9.73. The van der Waals surface area contributed by atoms with Crippen LogP contribution >= 0.6 is 0 Å². The van der Waals surface area contributed by atoms with Gasteiger partial charge in [0, 0.05) is 32.7 Å². The Hall–Kier alpha value is -1.30. The maximum absolute atomic E-state index is 12.8. The van der Waals surface area contributed by atoms with Gasteiger partial charge >= 0.3 is 6.09 Å². The Morgan fingerprint density at radius 2 is 1.62 bits per heavy atom. The SMILES string of the molecule is CCOC(=O)N1CCN(C(=O)C2(CN)CCCCC2)CC1. The Labute approximate surface area is 126 Å². The molecule has 2 fully saturated rings. The number of nitrogens with zero attached hydrogens (tertiary/aromatic N) is 2. The summed E-state index contributed by atoms with van der Waals surface area (Å²) in [5, 5.41) is 0. The number of rotatable bonds is 3. The number of piperazine rings is 1. The third kappa shape index (κ3) is 3.48. The summed E-state index contributed by atoms with van der Waals surface area (Å²) in [5.41, 5.74) is 5.57. The predicted octanol–water partition coefficient (Wildman–Crippen LogP) is 1.20. The van der Waals surface area contributed by atoms with Gasteiger partial charge in [-0.3, -0.25) is 4.79 Å². The summed E-state index contributed by atoms with van der Waals surface area (Å²) in [7, 11) is 0. The van der Waals surface area contributed by atoms with Crippen molar-refractivity contribution < 1.29 is 14.3 Å². The van der Waals surface area contributed by atoms with Crippen LogP contribution in [0.4, 0.5) is 4.79 Å². The van der Waals surface area contributed by atoms with Crippen molar-refractivity contribution in [2.75, 3.05) is 39.3 Å². The molecule has 0 bridgehead atoms. The Bertz CT molecular complexity index is 372. The van der Waals surface area contributed by atoms with Crippen molar-refractivity contribution in [3.05, 3.63) is 0 Å². The van der Waals surface area contributed by atoms with Crippen molar-refractivity contribution in [3.63, 3.8) is 0 Å².